The quantitative estimate of drug-likeness (QED) is 0.837. The van der Waals surface area contributed by atoms with Gasteiger partial charge in [-0.3, -0.25) is 4.90 Å². The Morgan fingerprint density at radius 1 is 1.00 bits per heavy atom. The minimum absolute atomic E-state index is 0.803. The number of piperidine rings is 1. The van der Waals surface area contributed by atoms with Gasteiger partial charge in [-0.2, -0.15) is 0 Å². The molecule has 0 spiro atoms. The van der Waals surface area contributed by atoms with E-state index in [9.17, 15) is 0 Å². The van der Waals surface area contributed by atoms with Crippen LogP contribution >= 0.6 is 0 Å². The molecule has 0 aromatic carbocycles. The minimum atomic E-state index is 0.803. The summed E-state index contributed by atoms with van der Waals surface area (Å²) in [5.41, 5.74) is 0. The molecule has 5 atom stereocenters. The van der Waals surface area contributed by atoms with Gasteiger partial charge in [0.2, 0.25) is 0 Å². The normalized spacial score (nSPS) is 46.9. The van der Waals surface area contributed by atoms with Gasteiger partial charge >= 0.3 is 0 Å². The van der Waals surface area contributed by atoms with Gasteiger partial charge in [-0.1, -0.05) is 27.2 Å². The Morgan fingerprint density at radius 3 is 2.21 bits per heavy atom. The summed E-state index contributed by atoms with van der Waals surface area (Å²) < 4.78 is 0. The van der Waals surface area contributed by atoms with Crippen LogP contribution in [0.1, 0.15) is 65.7 Å². The van der Waals surface area contributed by atoms with Crippen molar-refractivity contribution in [1.82, 2.24) is 10.2 Å². The molecule has 0 aromatic rings. The van der Waals surface area contributed by atoms with Gasteiger partial charge in [-0.05, 0) is 56.9 Å². The highest BCUT2D eigenvalue weighted by molar-refractivity contribution is 5.03. The van der Waals surface area contributed by atoms with Crippen molar-refractivity contribution < 1.29 is 0 Å². The molecular formula is C17H32N2. The van der Waals surface area contributed by atoms with E-state index in [1.807, 2.05) is 0 Å². The predicted molar refractivity (Wildman–Crippen MR) is 81.3 cm³/mol. The average molecular weight is 264 g/mol. The SMILES string of the molecule is CCNC1CC2CCC(C1)N2C1CCC(CC)C1C. The zero-order chi connectivity index (χ0) is 13.4. The zero-order valence-electron chi connectivity index (χ0n) is 13.1. The predicted octanol–water partition coefficient (Wildman–Crippen LogP) is 3.42. The molecule has 0 radical (unpaired) electrons. The van der Waals surface area contributed by atoms with Gasteiger partial charge in [0.25, 0.3) is 0 Å². The largest absolute Gasteiger partial charge is 0.314 e. The number of nitrogens with zero attached hydrogens (tertiary/aromatic N) is 1. The molecule has 0 aromatic heterocycles. The maximum atomic E-state index is 3.70. The van der Waals surface area contributed by atoms with Crippen molar-refractivity contribution >= 4 is 0 Å². The van der Waals surface area contributed by atoms with E-state index < -0.39 is 0 Å². The second kappa shape index (κ2) is 5.73. The molecule has 3 rings (SSSR count). The van der Waals surface area contributed by atoms with Crippen LogP contribution in [0.3, 0.4) is 0 Å². The molecule has 0 amide bonds. The smallest absolute Gasteiger partial charge is 0.0129 e. The molecule has 2 saturated heterocycles. The molecule has 1 aliphatic carbocycles. The third-order valence-electron chi connectivity index (χ3n) is 6.37. The lowest BCUT2D eigenvalue weighted by molar-refractivity contribution is 0.0499. The summed E-state index contributed by atoms with van der Waals surface area (Å²) in [6.45, 7) is 8.30. The maximum absolute atomic E-state index is 3.70. The van der Waals surface area contributed by atoms with Crippen molar-refractivity contribution in [3.05, 3.63) is 0 Å². The Morgan fingerprint density at radius 2 is 1.68 bits per heavy atom. The Kier molecular flexibility index (Phi) is 4.19. The summed E-state index contributed by atoms with van der Waals surface area (Å²) in [5, 5.41) is 3.70. The Hall–Kier alpha value is -0.0800. The van der Waals surface area contributed by atoms with Crippen LogP contribution < -0.4 is 5.32 Å². The minimum Gasteiger partial charge on any atom is -0.314 e. The van der Waals surface area contributed by atoms with Gasteiger partial charge in [0.05, 0.1) is 0 Å². The fraction of sp³-hybridized carbons (Fsp3) is 1.00. The second-order valence-corrected chi connectivity index (χ2v) is 7.23. The Balaban J connectivity index is 1.67. The van der Waals surface area contributed by atoms with Crippen LogP contribution in [0.15, 0.2) is 0 Å². The molecule has 110 valence electrons. The van der Waals surface area contributed by atoms with Gasteiger partial charge in [-0.25, -0.2) is 0 Å². The fourth-order valence-electron chi connectivity index (χ4n) is 5.43. The van der Waals surface area contributed by atoms with Gasteiger partial charge in [0.1, 0.15) is 0 Å². The van der Waals surface area contributed by atoms with Gasteiger partial charge in [0, 0.05) is 24.2 Å². The third-order valence-corrected chi connectivity index (χ3v) is 6.37. The Labute approximate surface area is 119 Å². The number of hydrogen-bond donors (Lipinski definition) is 1. The lowest BCUT2D eigenvalue weighted by Gasteiger charge is -2.44. The standard InChI is InChI=1S/C17H32N2/c1-4-13-6-9-17(12(13)3)19-15-7-8-16(19)11-14(10-15)18-5-2/h12-18H,4-11H2,1-3H3. The number of hydrogen-bond acceptors (Lipinski definition) is 2. The highest BCUT2D eigenvalue weighted by atomic mass is 15.3. The number of rotatable bonds is 4. The third kappa shape index (κ3) is 2.47. The molecule has 19 heavy (non-hydrogen) atoms. The molecule has 2 aliphatic heterocycles. The van der Waals surface area contributed by atoms with E-state index in [1.54, 1.807) is 0 Å². The van der Waals surface area contributed by atoms with Crippen molar-refractivity contribution in [2.24, 2.45) is 11.8 Å². The lowest BCUT2D eigenvalue weighted by Crippen LogP contribution is -2.53. The van der Waals surface area contributed by atoms with Gasteiger partial charge in [0.15, 0.2) is 0 Å². The van der Waals surface area contributed by atoms with Crippen LogP contribution in [-0.2, 0) is 0 Å². The van der Waals surface area contributed by atoms with Crippen LogP contribution in [0, 0.1) is 11.8 Å². The molecule has 3 aliphatic rings. The van der Waals surface area contributed by atoms with Crippen molar-refractivity contribution in [1.29, 1.82) is 0 Å². The van der Waals surface area contributed by atoms with Gasteiger partial charge < -0.3 is 5.32 Å². The molecular weight excluding hydrogens is 232 g/mol. The van der Waals surface area contributed by atoms with Crippen LogP contribution in [0.5, 0.6) is 0 Å². The van der Waals surface area contributed by atoms with Crippen LogP contribution in [-0.4, -0.2) is 35.6 Å². The van der Waals surface area contributed by atoms with Crippen LogP contribution in [0.2, 0.25) is 0 Å². The molecule has 2 heterocycles. The average Bonchev–Trinajstić information content (AvgIpc) is 2.87. The zero-order valence-corrected chi connectivity index (χ0v) is 13.1. The van der Waals surface area contributed by atoms with E-state index in [2.05, 4.69) is 31.0 Å². The summed E-state index contributed by atoms with van der Waals surface area (Å²) >= 11 is 0. The van der Waals surface area contributed by atoms with E-state index in [4.69, 9.17) is 0 Å². The van der Waals surface area contributed by atoms with Crippen molar-refractivity contribution in [2.75, 3.05) is 6.54 Å². The van der Waals surface area contributed by atoms with Crippen molar-refractivity contribution in [3.63, 3.8) is 0 Å². The molecule has 5 unspecified atom stereocenters. The highest BCUT2D eigenvalue weighted by Crippen LogP contribution is 2.45. The summed E-state index contributed by atoms with van der Waals surface area (Å²) in [5.74, 6) is 1.93. The summed E-state index contributed by atoms with van der Waals surface area (Å²) in [6.07, 6.45) is 10.1. The first kappa shape index (κ1) is 13.9. The van der Waals surface area contributed by atoms with E-state index in [-0.39, 0.29) is 0 Å². The number of nitrogens with one attached hydrogen (secondary N) is 1. The monoisotopic (exact) mass is 264 g/mol. The fourth-order valence-corrected chi connectivity index (χ4v) is 5.43. The van der Waals surface area contributed by atoms with Crippen molar-refractivity contribution in [2.45, 2.75) is 89.9 Å². The Bertz CT molecular complexity index is 290. The summed E-state index contributed by atoms with van der Waals surface area (Å²) in [4.78, 5) is 2.98. The van der Waals surface area contributed by atoms with Crippen LogP contribution in [0.25, 0.3) is 0 Å². The van der Waals surface area contributed by atoms with E-state index in [1.165, 1.54) is 44.9 Å². The summed E-state index contributed by atoms with van der Waals surface area (Å²) in [7, 11) is 0. The first-order valence-corrected chi connectivity index (χ1v) is 8.75. The first-order valence-electron chi connectivity index (χ1n) is 8.75. The first-order chi connectivity index (χ1) is 9.24. The molecule has 2 bridgehead atoms. The molecule has 2 nitrogen and oxygen atoms in total. The van der Waals surface area contributed by atoms with E-state index in [0.29, 0.717) is 0 Å². The van der Waals surface area contributed by atoms with E-state index >= 15 is 0 Å². The second-order valence-electron chi connectivity index (χ2n) is 7.23. The maximum Gasteiger partial charge on any atom is 0.0129 e. The molecule has 1 N–H and O–H groups in total. The van der Waals surface area contributed by atoms with Gasteiger partial charge in [-0.15, -0.1) is 0 Å². The number of fused-ring (bicyclic) bond motifs is 2. The summed E-state index contributed by atoms with van der Waals surface area (Å²) in [6, 6.07) is 3.50. The topological polar surface area (TPSA) is 15.3 Å². The molecule has 2 heteroatoms. The lowest BCUT2D eigenvalue weighted by atomic mass is 9.89. The van der Waals surface area contributed by atoms with E-state index in [0.717, 1.165) is 42.5 Å². The van der Waals surface area contributed by atoms with Crippen LogP contribution in [0.4, 0.5) is 0 Å². The highest BCUT2D eigenvalue weighted by Gasteiger charge is 2.47. The molecule has 3 fully saturated rings. The van der Waals surface area contributed by atoms with Crippen molar-refractivity contribution in [3.8, 4) is 0 Å². The molecule has 1 saturated carbocycles.